The lowest BCUT2D eigenvalue weighted by atomic mass is 9.88. The molecule has 2 aliphatic heterocycles. The van der Waals surface area contributed by atoms with Gasteiger partial charge in [-0.1, -0.05) is 6.07 Å². The molecule has 280 valence electrons. The fraction of sp³-hybridized carbons (Fsp3) is 0.0233. The van der Waals surface area contributed by atoms with Crippen molar-refractivity contribution in [2.45, 2.75) is 6.54 Å². The number of phenols is 1. The maximum absolute atomic E-state index is 13.9. The van der Waals surface area contributed by atoms with Crippen molar-refractivity contribution < 1.29 is 48.4 Å². The Balaban J connectivity index is 1.24. The Bertz CT molecular complexity index is 3110. The van der Waals surface area contributed by atoms with E-state index >= 15 is 0 Å². The van der Waals surface area contributed by atoms with E-state index in [2.05, 4.69) is 5.32 Å². The van der Waals surface area contributed by atoms with Crippen LogP contribution in [-0.4, -0.2) is 44.2 Å². The molecule has 57 heavy (non-hydrogen) atoms. The Hall–Kier alpha value is -8.26. The third-order valence-electron chi connectivity index (χ3n) is 9.65. The summed E-state index contributed by atoms with van der Waals surface area (Å²) in [5.41, 5.74) is 7.28. The minimum atomic E-state index is -1.41. The number of carboxylic acid groups (broad SMARTS) is 3. The summed E-state index contributed by atoms with van der Waals surface area (Å²) >= 11 is 0. The van der Waals surface area contributed by atoms with Gasteiger partial charge in [0.25, 0.3) is 5.91 Å². The molecule has 2 heterocycles. The van der Waals surface area contributed by atoms with E-state index in [-0.39, 0.29) is 78.3 Å². The standard InChI is InChI=1S/C43H27N3O11/c44-21-3-8-26-34(15-21)56-35-16-22(45)4-9-27(35)38(26)30-13-19(1-7-25(30)42(52)53)40(49)46-18-32-33(48)12-11-29-37(28-10-5-23(47)17-36(28)57-39(29)32)24-6-2-20(41(50)51)14-31(24)43(54)55/h1-17,44,47H,18,45H2,(H,46,49)(H,50,51)(H,52,53)(H,54,55). The fourth-order valence-electron chi connectivity index (χ4n) is 7.06. The Kier molecular flexibility index (Phi) is 8.50. The van der Waals surface area contributed by atoms with Gasteiger partial charge in [-0.05, 0) is 90.0 Å². The number of nitrogens with one attached hydrogen (secondary N) is 2. The maximum Gasteiger partial charge on any atom is 0.336 e. The first-order valence-electron chi connectivity index (χ1n) is 17.1. The molecular formula is C43H27N3O11. The lowest BCUT2D eigenvalue weighted by molar-refractivity contribution is 0.0682. The van der Waals surface area contributed by atoms with Gasteiger partial charge in [-0.15, -0.1) is 0 Å². The van der Waals surface area contributed by atoms with Crippen molar-refractivity contribution in [3.8, 4) is 50.7 Å². The molecule has 14 nitrogen and oxygen atoms in total. The molecule has 8 N–H and O–H groups in total. The Morgan fingerprint density at radius 1 is 0.632 bits per heavy atom. The highest BCUT2D eigenvalue weighted by Crippen LogP contribution is 2.44. The number of carbonyl (C=O) groups is 4. The number of carboxylic acids is 3. The molecule has 0 bridgehead atoms. The Morgan fingerprint density at radius 2 is 1.30 bits per heavy atom. The normalized spacial score (nSPS) is 11.3. The molecule has 14 heteroatoms. The van der Waals surface area contributed by atoms with Gasteiger partial charge < -0.3 is 45.7 Å². The lowest BCUT2D eigenvalue weighted by Crippen LogP contribution is -2.26. The Labute approximate surface area is 319 Å². The Morgan fingerprint density at radius 3 is 2.04 bits per heavy atom. The molecule has 2 aliphatic carbocycles. The zero-order chi connectivity index (χ0) is 40.3. The number of hydrogen-bond donors (Lipinski definition) is 7. The number of aromatic hydroxyl groups is 1. The quantitative estimate of drug-likeness (QED) is 0.0618. The van der Waals surface area contributed by atoms with Gasteiger partial charge in [0.15, 0.2) is 5.43 Å². The zero-order valence-electron chi connectivity index (χ0n) is 29.2. The molecule has 4 aromatic carbocycles. The summed E-state index contributed by atoms with van der Waals surface area (Å²) in [5, 5.41) is 52.1. The summed E-state index contributed by atoms with van der Waals surface area (Å²) in [5.74, 6) is -4.63. The monoisotopic (exact) mass is 761 g/mol. The van der Waals surface area contributed by atoms with Gasteiger partial charge in [0.1, 0.15) is 28.4 Å². The summed E-state index contributed by atoms with van der Waals surface area (Å²) in [6.45, 7) is -0.399. The van der Waals surface area contributed by atoms with E-state index in [1.165, 1.54) is 72.8 Å². The van der Waals surface area contributed by atoms with Crippen molar-refractivity contribution in [3.63, 3.8) is 0 Å². The van der Waals surface area contributed by atoms with Crippen LogP contribution in [0, 0.1) is 5.41 Å². The number of anilines is 1. The zero-order valence-corrected chi connectivity index (χ0v) is 29.2. The molecule has 0 saturated heterocycles. The number of rotatable bonds is 8. The van der Waals surface area contributed by atoms with E-state index in [9.17, 15) is 44.4 Å². The van der Waals surface area contributed by atoms with Crippen LogP contribution in [-0.2, 0) is 6.54 Å². The topological polar surface area (TPSA) is 254 Å². The van der Waals surface area contributed by atoms with Crippen LogP contribution in [0.3, 0.4) is 0 Å². The van der Waals surface area contributed by atoms with Crippen LogP contribution in [0.2, 0.25) is 0 Å². The van der Waals surface area contributed by atoms with Crippen LogP contribution in [0.5, 0.6) is 5.75 Å². The molecule has 0 unspecified atom stereocenters. The number of hydrogen-bond acceptors (Lipinski definition) is 10. The van der Waals surface area contributed by atoms with Crippen molar-refractivity contribution in [2.24, 2.45) is 0 Å². The number of phenolic OH excluding ortho intramolecular Hbond substituents is 1. The average molecular weight is 762 g/mol. The summed E-state index contributed by atoms with van der Waals surface area (Å²) in [4.78, 5) is 64.1. The predicted molar refractivity (Wildman–Crippen MR) is 207 cm³/mol. The van der Waals surface area contributed by atoms with Crippen LogP contribution >= 0.6 is 0 Å². The van der Waals surface area contributed by atoms with Gasteiger partial charge in [0.05, 0.1) is 34.2 Å². The van der Waals surface area contributed by atoms with Crippen LogP contribution in [0.4, 0.5) is 5.69 Å². The third-order valence-corrected chi connectivity index (χ3v) is 9.65. The largest absolute Gasteiger partial charge is 0.508 e. The van der Waals surface area contributed by atoms with E-state index in [1.54, 1.807) is 24.3 Å². The summed E-state index contributed by atoms with van der Waals surface area (Å²) in [6.07, 6.45) is 0. The van der Waals surface area contributed by atoms with Crippen LogP contribution in [0.25, 0.3) is 66.8 Å². The first kappa shape index (κ1) is 35.8. The number of carbonyl (C=O) groups excluding carboxylic acids is 1. The molecule has 0 radical (unpaired) electrons. The van der Waals surface area contributed by atoms with Crippen LogP contribution in [0.1, 0.15) is 47.0 Å². The number of fused-ring (bicyclic) bond motifs is 4. The lowest BCUT2D eigenvalue weighted by Gasteiger charge is -2.19. The molecule has 0 aromatic heterocycles. The highest BCUT2D eigenvalue weighted by Gasteiger charge is 2.27. The molecule has 0 fully saturated rings. The predicted octanol–water partition coefficient (Wildman–Crippen LogP) is 6.87. The highest BCUT2D eigenvalue weighted by atomic mass is 16.4. The van der Waals surface area contributed by atoms with Crippen molar-refractivity contribution in [3.05, 3.63) is 147 Å². The van der Waals surface area contributed by atoms with E-state index in [1.807, 2.05) is 0 Å². The van der Waals surface area contributed by atoms with E-state index in [0.717, 1.165) is 6.07 Å². The number of aromatic carboxylic acids is 3. The van der Waals surface area contributed by atoms with Crippen LogP contribution < -0.4 is 21.8 Å². The molecular weight excluding hydrogens is 734 g/mol. The average Bonchev–Trinajstić information content (AvgIpc) is 3.17. The first-order valence-corrected chi connectivity index (χ1v) is 17.1. The number of amides is 1. The first-order chi connectivity index (χ1) is 27.3. The maximum atomic E-state index is 13.9. The van der Waals surface area contributed by atoms with Gasteiger partial charge in [-0.25, -0.2) is 14.4 Å². The second-order valence-electron chi connectivity index (χ2n) is 13.1. The molecule has 0 atom stereocenters. The van der Waals surface area contributed by atoms with Crippen molar-refractivity contribution in [1.82, 2.24) is 5.32 Å². The van der Waals surface area contributed by atoms with E-state index in [4.69, 9.17) is 20.0 Å². The SMILES string of the molecule is N=c1ccc2c(-c3cc(C(=O)NCc4c5oc6cc(O)ccc6c(-c6ccc(C(=O)O)cc6C(=O)O)c-5ccc4=O)ccc3C(=O)O)c3ccc(N)cc3oc-2c1. The number of nitrogens with two attached hydrogens (primary N) is 1. The highest BCUT2D eigenvalue weighted by molar-refractivity contribution is 6.11. The summed E-state index contributed by atoms with van der Waals surface area (Å²) in [6, 6.07) is 23.9. The molecule has 4 aliphatic rings. The minimum absolute atomic E-state index is 0.0285. The molecule has 0 saturated carbocycles. The molecule has 0 spiro atoms. The van der Waals surface area contributed by atoms with E-state index < -0.39 is 35.8 Å². The van der Waals surface area contributed by atoms with Gasteiger partial charge in [0, 0.05) is 62.5 Å². The van der Waals surface area contributed by atoms with Gasteiger partial charge >= 0.3 is 17.9 Å². The molecule has 4 aromatic rings. The second-order valence-corrected chi connectivity index (χ2v) is 13.1. The number of benzene rings is 6. The van der Waals surface area contributed by atoms with Crippen molar-refractivity contribution in [2.75, 3.05) is 5.73 Å². The molecule has 1 amide bonds. The number of nitrogen functional groups attached to an aromatic ring is 1. The van der Waals surface area contributed by atoms with Gasteiger partial charge in [0.2, 0.25) is 0 Å². The van der Waals surface area contributed by atoms with Crippen molar-refractivity contribution >= 4 is 51.4 Å². The van der Waals surface area contributed by atoms with E-state index in [0.29, 0.717) is 33.2 Å². The van der Waals surface area contributed by atoms with Gasteiger partial charge in [-0.2, -0.15) is 0 Å². The van der Waals surface area contributed by atoms with Crippen LogP contribution in [0.15, 0.2) is 117 Å². The second kappa shape index (κ2) is 13.5. The third kappa shape index (κ3) is 6.22. The minimum Gasteiger partial charge on any atom is -0.508 e. The fourth-order valence-corrected chi connectivity index (χ4v) is 7.06. The summed E-state index contributed by atoms with van der Waals surface area (Å²) in [7, 11) is 0. The smallest absolute Gasteiger partial charge is 0.336 e. The summed E-state index contributed by atoms with van der Waals surface area (Å²) < 4.78 is 12.2. The molecule has 8 rings (SSSR count). The van der Waals surface area contributed by atoms with Crippen molar-refractivity contribution in [1.29, 1.82) is 5.41 Å². The van der Waals surface area contributed by atoms with Gasteiger partial charge in [-0.3, -0.25) is 9.59 Å².